The zero-order valence-corrected chi connectivity index (χ0v) is 17.5. The molecule has 2 N–H and O–H groups in total. The summed E-state index contributed by atoms with van der Waals surface area (Å²) in [6, 6.07) is 13.4. The van der Waals surface area contributed by atoms with Crippen LogP contribution in [0, 0.1) is 5.92 Å². The first-order chi connectivity index (χ1) is 14.8. The Kier molecular flexibility index (Phi) is 7.02. The smallest absolute Gasteiger partial charge is 0.411 e. The van der Waals surface area contributed by atoms with Crippen molar-refractivity contribution in [3.8, 4) is 0 Å². The maximum atomic E-state index is 12.3. The Balaban J connectivity index is 1.47. The Bertz CT molecular complexity index is 967. The summed E-state index contributed by atoms with van der Waals surface area (Å²) in [5.41, 5.74) is 1.81. The monoisotopic (exact) mass is 423 g/mol. The Hall–Kier alpha value is -3.68. The molecule has 1 aliphatic heterocycles. The van der Waals surface area contributed by atoms with Gasteiger partial charge in [-0.25, -0.2) is 4.79 Å². The summed E-state index contributed by atoms with van der Waals surface area (Å²) in [7, 11) is 0. The molecule has 0 bridgehead atoms. The maximum Gasteiger partial charge on any atom is 0.411 e. The number of hydrogen-bond acceptors (Lipinski definition) is 5. The van der Waals surface area contributed by atoms with E-state index in [1.807, 2.05) is 13.8 Å². The molecule has 8 heteroatoms. The number of nitrogens with zero attached hydrogens (tertiary/aromatic N) is 1. The van der Waals surface area contributed by atoms with E-state index >= 15 is 0 Å². The van der Waals surface area contributed by atoms with Crippen molar-refractivity contribution in [2.24, 2.45) is 5.92 Å². The number of fused-ring (bicyclic) bond motifs is 1. The number of amides is 4. The molecule has 0 unspecified atom stereocenters. The number of anilines is 2. The number of benzene rings is 2. The summed E-state index contributed by atoms with van der Waals surface area (Å²) in [4.78, 5) is 49.9. The molecule has 1 heterocycles. The van der Waals surface area contributed by atoms with E-state index in [9.17, 15) is 19.2 Å². The van der Waals surface area contributed by atoms with Crippen LogP contribution in [0.1, 0.15) is 47.4 Å². The molecule has 4 amide bonds. The minimum Gasteiger partial charge on any atom is -0.449 e. The summed E-state index contributed by atoms with van der Waals surface area (Å²) in [5.74, 6) is -0.680. The number of hydrogen-bond donors (Lipinski definition) is 2. The van der Waals surface area contributed by atoms with Crippen molar-refractivity contribution < 1.29 is 23.9 Å². The van der Waals surface area contributed by atoms with Gasteiger partial charge in [-0.15, -0.1) is 0 Å². The molecule has 31 heavy (non-hydrogen) atoms. The van der Waals surface area contributed by atoms with Crippen LogP contribution in [-0.4, -0.2) is 41.9 Å². The van der Waals surface area contributed by atoms with E-state index in [2.05, 4.69) is 10.6 Å². The van der Waals surface area contributed by atoms with Crippen molar-refractivity contribution in [1.29, 1.82) is 0 Å². The van der Waals surface area contributed by atoms with Crippen molar-refractivity contribution in [2.75, 3.05) is 23.8 Å². The van der Waals surface area contributed by atoms with Gasteiger partial charge < -0.3 is 10.1 Å². The number of imide groups is 1. The van der Waals surface area contributed by atoms with Crippen LogP contribution in [0.3, 0.4) is 0 Å². The SMILES string of the molecule is CC(C)COC(=O)Nc1cccc(NC(=O)CCCN2C(=O)c3ccccc3C2=O)c1. The van der Waals surface area contributed by atoms with Gasteiger partial charge in [0.05, 0.1) is 17.7 Å². The van der Waals surface area contributed by atoms with Gasteiger partial charge in [-0.05, 0) is 42.7 Å². The van der Waals surface area contributed by atoms with Crippen LogP contribution in [0.4, 0.5) is 16.2 Å². The molecule has 3 rings (SSSR count). The molecule has 0 fully saturated rings. The highest BCUT2D eigenvalue weighted by Gasteiger charge is 2.34. The number of carbonyl (C=O) groups excluding carboxylic acids is 4. The standard InChI is InChI=1S/C23H25N3O5/c1-15(2)14-31-23(30)25-17-8-5-7-16(13-17)24-20(27)11-6-12-26-21(28)18-9-3-4-10-19(18)22(26)29/h3-5,7-10,13,15H,6,11-12,14H2,1-2H3,(H,24,27)(H,25,30). The van der Waals surface area contributed by atoms with Gasteiger partial charge in [0, 0.05) is 24.3 Å². The molecule has 8 nitrogen and oxygen atoms in total. The number of carbonyl (C=O) groups is 4. The third-order valence-electron chi connectivity index (χ3n) is 4.60. The van der Waals surface area contributed by atoms with E-state index in [0.717, 1.165) is 0 Å². The van der Waals surface area contributed by atoms with Crippen LogP contribution in [0.5, 0.6) is 0 Å². The Morgan fingerprint density at radius 1 is 0.935 bits per heavy atom. The van der Waals surface area contributed by atoms with Crippen LogP contribution in [-0.2, 0) is 9.53 Å². The van der Waals surface area contributed by atoms with Gasteiger partial charge in [0.15, 0.2) is 0 Å². The van der Waals surface area contributed by atoms with Crippen LogP contribution >= 0.6 is 0 Å². The highest BCUT2D eigenvalue weighted by Crippen LogP contribution is 2.23. The van der Waals surface area contributed by atoms with E-state index in [-0.39, 0.29) is 36.6 Å². The zero-order chi connectivity index (χ0) is 22.4. The van der Waals surface area contributed by atoms with Crippen LogP contribution in [0.25, 0.3) is 0 Å². The van der Waals surface area contributed by atoms with E-state index < -0.39 is 6.09 Å². The number of rotatable bonds is 8. The topological polar surface area (TPSA) is 105 Å². The summed E-state index contributed by atoms with van der Waals surface area (Å²) in [6.07, 6.45) is -0.0729. The summed E-state index contributed by atoms with van der Waals surface area (Å²) in [6.45, 7) is 4.37. The highest BCUT2D eigenvalue weighted by molar-refractivity contribution is 6.21. The molecular weight excluding hydrogens is 398 g/mol. The Morgan fingerprint density at radius 3 is 2.16 bits per heavy atom. The maximum absolute atomic E-state index is 12.3. The predicted molar refractivity (Wildman–Crippen MR) is 116 cm³/mol. The van der Waals surface area contributed by atoms with Gasteiger partial charge in [0.1, 0.15) is 0 Å². The summed E-state index contributed by atoms with van der Waals surface area (Å²) in [5, 5.41) is 5.37. The molecule has 2 aromatic carbocycles. The lowest BCUT2D eigenvalue weighted by molar-refractivity contribution is -0.116. The lowest BCUT2D eigenvalue weighted by atomic mass is 10.1. The average Bonchev–Trinajstić information content (AvgIpc) is 2.97. The first-order valence-corrected chi connectivity index (χ1v) is 10.1. The first kappa shape index (κ1) is 22.0. The number of ether oxygens (including phenoxy) is 1. The predicted octanol–water partition coefficient (Wildman–Crippen LogP) is 3.91. The van der Waals surface area contributed by atoms with Gasteiger partial charge in [-0.2, -0.15) is 0 Å². The van der Waals surface area contributed by atoms with Crippen molar-refractivity contribution in [3.63, 3.8) is 0 Å². The molecule has 1 aliphatic rings. The lowest BCUT2D eigenvalue weighted by Crippen LogP contribution is -2.31. The molecule has 0 radical (unpaired) electrons. The van der Waals surface area contributed by atoms with E-state index in [1.54, 1.807) is 48.5 Å². The quantitative estimate of drug-likeness (QED) is 0.627. The largest absolute Gasteiger partial charge is 0.449 e. The van der Waals surface area contributed by atoms with E-state index in [1.165, 1.54) is 4.90 Å². The second-order valence-corrected chi connectivity index (χ2v) is 7.66. The van der Waals surface area contributed by atoms with E-state index in [4.69, 9.17) is 4.74 Å². The fourth-order valence-corrected chi connectivity index (χ4v) is 3.13. The van der Waals surface area contributed by atoms with Gasteiger partial charge >= 0.3 is 6.09 Å². The highest BCUT2D eigenvalue weighted by atomic mass is 16.5. The molecule has 0 aliphatic carbocycles. The fraction of sp³-hybridized carbons (Fsp3) is 0.304. The number of nitrogens with one attached hydrogen (secondary N) is 2. The minimum atomic E-state index is -0.557. The Morgan fingerprint density at radius 2 is 1.55 bits per heavy atom. The molecule has 0 atom stereocenters. The zero-order valence-electron chi connectivity index (χ0n) is 17.5. The summed E-state index contributed by atoms with van der Waals surface area (Å²) >= 11 is 0. The van der Waals surface area contributed by atoms with E-state index in [0.29, 0.717) is 35.5 Å². The molecule has 0 spiro atoms. The Labute approximate surface area is 180 Å². The van der Waals surface area contributed by atoms with Gasteiger partial charge in [-0.1, -0.05) is 32.0 Å². The third-order valence-corrected chi connectivity index (χ3v) is 4.60. The van der Waals surface area contributed by atoms with Gasteiger partial charge in [-0.3, -0.25) is 24.6 Å². The summed E-state index contributed by atoms with van der Waals surface area (Å²) < 4.78 is 5.07. The minimum absolute atomic E-state index is 0.140. The second-order valence-electron chi connectivity index (χ2n) is 7.66. The normalized spacial score (nSPS) is 12.7. The van der Waals surface area contributed by atoms with Gasteiger partial charge in [0.25, 0.3) is 11.8 Å². The van der Waals surface area contributed by atoms with Crippen molar-refractivity contribution in [2.45, 2.75) is 26.7 Å². The first-order valence-electron chi connectivity index (χ1n) is 10.1. The third kappa shape index (κ3) is 5.69. The van der Waals surface area contributed by atoms with Crippen LogP contribution in [0.15, 0.2) is 48.5 Å². The fourth-order valence-electron chi connectivity index (χ4n) is 3.13. The molecular formula is C23H25N3O5. The van der Waals surface area contributed by atoms with Crippen LogP contribution in [0.2, 0.25) is 0 Å². The molecule has 2 aromatic rings. The van der Waals surface area contributed by atoms with Crippen LogP contribution < -0.4 is 10.6 Å². The second kappa shape index (κ2) is 9.88. The molecule has 0 aromatic heterocycles. The van der Waals surface area contributed by atoms with Crippen molar-refractivity contribution >= 4 is 35.2 Å². The molecule has 0 saturated carbocycles. The lowest BCUT2D eigenvalue weighted by Gasteiger charge is -2.13. The van der Waals surface area contributed by atoms with Gasteiger partial charge in [0.2, 0.25) is 5.91 Å². The average molecular weight is 423 g/mol. The molecule has 162 valence electrons. The van der Waals surface area contributed by atoms with Crippen molar-refractivity contribution in [3.05, 3.63) is 59.7 Å². The molecule has 0 saturated heterocycles. The van der Waals surface area contributed by atoms with Crippen molar-refractivity contribution in [1.82, 2.24) is 4.90 Å².